The summed E-state index contributed by atoms with van der Waals surface area (Å²) in [6.07, 6.45) is 2.42. The van der Waals surface area contributed by atoms with Gasteiger partial charge in [-0.05, 0) is 37.0 Å². The van der Waals surface area contributed by atoms with Crippen LogP contribution in [0.5, 0.6) is 0 Å². The fraction of sp³-hybridized carbons (Fsp3) is 0.500. The standard InChI is InChI=1S/C12H15BrFN/c1-9-3-2-6-15(8-9)12-5-4-10(13)7-11(12)14/h4-5,7,9H,2-3,6,8H2,1H3. The van der Waals surface area contributed by atoms with Crippen molar-refractivity contribution in [1.82, 2.24) is 0 Å². The Hall–Kier alpha value is -0.570. The maximum absolute atomic E-state index is 13.7. The lowest BCUT2D eigenvalue weighted by atomic mass is 10.00. The first-order chi connectivity index (χ1) is 7.16. The maximum Gasteiger partial charge on any atom is 0.147 e. The Labute approximate surface area is 98.4 Å². The van der Waals surface area contributed by atoms with Gasteiger partial charge in [-0.25, -0.2) is 4.39 Å². The van der Waals surface area contributed by atoms with Crippen molar-refractivity contribution >= 4 is 21.6 Å². The molecular formula is C12H15BrFN. The highest BCUT2D eigenvalue weighted by molar-refractivity contribution is 9.10. The first-order valence-corrected chi connectivity index (χ1v) is 6.16. The average molecular weight is 272 g/mol. The predicted molar refractivity (Wildman–Crippen MR) is 64.7 cm³/mol. The lowest BCUT2D eigenvalue weighted by Crippen LogP contribution is -2.34. The molecule has 0 N–H and O–H groups in total. The van der Waals surface area contributed by atoms with E-state index in [1.165, 1.54) is 12.5 Å². The van der Waals surface area contributed by atoms with Crippen molar-refractivity contribution in [1.29, 1.82) is 0 Å². The van der Waals surface area contributed by atoms with Crippen LogP contribution in [0.2, 0.25) is 0 Å². The van der Waals surface area contributed by atoms with Crippen molar-refractivity contribution in [2.24, 2.45) is 5.92 Å². The minimum absolute atomic E-state index is 0.126. The number of nitrogens with zero attached hydrogens (tertiary/aromatic N) is 1. The first kappa shape index (κ1) is 10.9. The number of hydrogen-bond acceptors (Lipinski definition) is 1. The summed E-state index contributed by atoms with van der Waals surface area (Å²) < 4.78 is 14.5. The van der Waals surface area contributed by atoms with Crippen LogP contribution < -0.4 is 4.90 Å². The van der Waals surface area contributed by atoms with Crippen LogP contribution in [0, 0.1) is 11.7 Å². The molecular weight excluding hydrogens is 257 g/mol. The molecule has 1 fully saturated rings. The third-order valence-corrected chi connectivity index (χ3v) is 3.40. The molecule has 82 valence electrons. The van der Waals surface area contributed by atoms with Crippen LogP contribution in [0.15, 0.2) is 22.7 Å². The molecule has 0 saturated carbocycles. The molecule has 0 aliphatic carbocycles. The van der Waals surface area contributed by atoms with Crippen molar-refractivity contribution in [3.8, 4) is 0 Å². The van der Waals surface area contributed by atoms with E-state index in [4.69, 9.17) is 0 Å². The van der Waals surface area contributed by atoms with Gasteiger partial charge in [-0.2, -0.15) is 0 Å². The monoisotopic (exact) mass is 271 g/mol. The van der Waals surface area contributed by atoms with Crippen LogP contribution in [0.25, 0.3) is 0 Å². The largest absolute Gasteiger partial charge is 0.369 e. The van der Waals surface area contributed by atoms with Crippen LogP contribution in [-0.4, -0.2) is 13.1 Å². The second kappa shape index (κ2) is 4.52. The fourth-order valence-corrected chi connectivity index (χ4v) is 2.48. The highest BCUT2D eigenvalue weighted by Crippen LogP contribution is 2.27. The summed E-state index contributed by atoms with van der Waals surface area (Å²) in [5.74, 6) is 0.542. The maximum atomic E-state index is 13.7. The number of benzene rings is 1. The Morgan fingerprint density at radius 2 is 2.27 bits per heavy atom. The summed E-state index contributed by atoms with van der Waals surface area (Å²) in [6.45, 7) is 4.17. The third kappa shape index (κ3) is 2.51. The van der Waals surface area contributed by atoms with Gasteiger partial charge in [0.05, 0.1) is 5.69 Å². The van der Waals surface area contributed by atoms with E-state index in [-0.39, 0.29) is 5.82 Å². The van der Waals surface area contributed by atoms with Gasteiger partial charge in [0, 0.05) is 17.6 Å². The van der Waals surface area contributed by atoms with E-state index >= 15 is 0 Å². The number of piperidine rings is 1. The summed E-state index contributed by atoms with van der Waals surface area (Å²) in [7, 11) is 0. The molecule has 0 aromatic heterocycles. The summed E-state index contributed by atoms with van der Waals surface area (Å²) >= 11 is 3.27. The minimum Gasteiger partial charge on any atom is -0.369 e. The van der Waals surface area contributed by atoms with Gasteiger partial charge in [-0.15, -0.1) is 0 Å². The zero-order valence-corrected chi connectivity index (χ0v) is 10.4. The molecule has 0 bridgehead atoms. The van der Waals surface area contributed by atoms with Crippen molar-refractivity contribution in [2.75, 3.05) is 18.0 Å². The molecule has 2 rings (SSSR count). The Morgan fingerprint density at radius 1 is 1.47 bits per heavy atom. The SMILES string of the molecule is CC1CCCN(c2ccc(Br)cc2F)C1. The van der Waals surface area contributed by atoms with Crippen molar-refractivity contribution < 1.29 is 4.39 Å². The number of anilines is 1. The summed E-state index contributed by atoms with van der Waals surface area (Å²) in [4.78, 5) is 2.15. The van der Waals surface area contributed by atoms with E-state index in [0.29, 0.717) is 5.92 Å². The minimum atomic E-state index is -0.126. The Balaban J connectivity index is 2.21. The second-order valence-corrected chi connectivity index (χ2v) is 5.20. The molecule has 0 spiro atoms. The average Bonchev–Trinajstić information content (AvgIpc) is 2.17. The third-order valence-electron chi connectivity index (χ3n) is 2.91. The quantitative estimate of drug-likeness (QED) is 0.751. The van der Waals surface area contributed by atoms with Gasteiger partial charge >= 0.3 is 0 Å². The molecule has 1 saturated heterocycles. The van der Waals surface area contributed by atoms with Crippen LogP contribution in [-0.2, 0) is 0 Å². The molecule has 1 unspecified atom stereocenters. The normalized spacial score (nSPS) is 21.8. The van der Waals surface area contributed by atoms with Gasteiger partial charge in [-0.1, -0.05) is 22.9 Å². The molecule has 1 heterocycles. The molecule has 1 atom stereocenters. The molecule has 1 nitrogen and oxygen atoms in total. The van der Waals surface area contributed by atoms with Gasteiger partial charge in [0.15, 0.2) is 0 Å². The molecule has 0 amide bonds. The Bertz CT molecular complexity index is 353. The van der Waals surface area contributed by atoms with Gasteiger partial charge in [0.2, 0.25) is 0 Å². The zero-order chi connectivity index (χ0) is 10.8. The van der Waals surface area contributed by atoms with Crippen LogP contribution in [0.4, 0.5) is 10.1 Å². The molecule has 1 aliphatic heterocycles. The van der Waals surface area contributed by atoms with Gasteiger partial charge < -0.3 is 4.90 Å². The highest BCUT2D eigenvalue weighted by Gasteiger charge is 2.18. The van der Waals surface area contributed by atoms with Gasteiger partial charge in [0.1, 0.15) is 5.82 Å². The zero-order valence-electron chi connectivity index (χ0n) is 8.84. The van der Waals surface area contributed by atoms with Crippen LogP contribution >= 0.6 is 15.9 Å². The topological polar surface area (TPSA) is 3.24 Å². The van der Waals surface area contributed by atoms with Gasteiger partial charge in [-0.3, -0.25) is 0 Å². The molecule has 0 radical (unpaired) electrons. The molecule has 1 aromatic rings. The van der Waals surface area contributed by atoms with Gasteiger partial charge in [0.25, 0.3) is 0 Å². The van der Waals surface area contributed by atoms with Crippen LogP contribution in [0.3, 0.4) is 0 Å². The lowest BCUT2D eigenvalue weighted by Gasteiger charge is -2.33. The Morgan fingerprint density at radius 3 is 2.93 bits per heavy atom. The van der Waals surface area contributed by atoms with Crippen molar-refractivity contribution in [2.45, 2.75) is 19.8 Å². The van der Waals surface area contributed by atoms with E-state index in [1.807, 2.05) is 12.1 Å². The second-order valence-electron chi connectivity index (χ2n) is 4.29. The van der Waals surface area contributed by atoms with Crippen molar-refractivity contribution in [3.05, 3.63) is 28.5 Å². The molecule has 1 aromatic carbocycles. The number of halogens is 2. The first-order valence-electron chi connectivity index (χ1n) is 5.37. The van der Waals surface area contributed by atoms with Crippen LogP contribution in [0.1, 0.15) is 19.8 Å². The van der Waals surface area contributed by atoms with E-state index < -0.39 is 0 Å². The summed E-state index contributed by atoms with van der Waals surface area (Å²) in [5, 5.41) is 0. The number of hydrogen-bond donors (Lipinski definition) is 0. The molecule has 15 heavy (non-hydrogen) atoms. The smallest absolute Gasteiger partial charge is 0.147 e. The van der Waals surface area contributed by atoms with E-state index in [0.717, 1.165) is 29.7 Å². The molecule has 1 aliphatic rings. The highest BCUT2D eigenvalue weighted by atomic mass is 79.9. The Kier molecular flexibility index (Phi) is 3.29. The predicted octanol–water partition coefficient (Wildman–Crippen LogP) is 3.82. The summed E-state index contributed by atoms with van der Waals surface area (Å²) in [6, 6.07) is 5.30. The van der Waals surface area contributed by atoms with E-state index in [9.17, 15) is 4.39 Å². The lowest BCUT2D eigenvalue weighted by molar-refractivity contribution is 0.442. The summed E-state index contributed by atoms with van der Waals surface area (Å²) in [5.41, 5.74) is 0.741. The fourth-order valence-electron chi connectivity index (χ4n) is 2.15. The van der Waals surface area contributed by atoms with E-state index in [1.54, 1.807) is 0 Å². The molecule has 3 heteroatoms. The number of rotatable bonds is 1. The van der Waals surface area contributed by atoms with Crippen molar-refractivity contribution in [3.63, 3.8) is 0 Å². The van der Waals surface area contributed by atoms with E-state index in [2.05, 4.69) is 27.8 Å².